The number of aromatic nitrogens is 4. The summed E-state index contributed by atoms with van der Waals surface area (Å²) in [5.74, 6) is 1.31. The normalized spacial score (nSPS) is 20.5. The molecular weight excluding hydrogens is 679 g/mol. The van der Waals surface area contributed by atoms with Gasteiger partial charge in [0.05, 0.1) is 19.0 Å². The molecule has 0 bridgehead atoms. The van der Waals surface area contributed by atoms with Gasteiger partial charge in [0, 0.05) is 51.7 Å². The first kappa shape index (κ1) is 36.0. The summed E-state index contributed by atoms with van der Waals surface area (Å²) < 4.78 is 13.0. The summed E-state index contributed by atoms with van der Waals surface area (Å²) in [7, 11) is 1.54. The molecule has 8 rings (SSSR count). The van der Waals surface area contributed by atoms with Crippen molar-refractivity contribution in [2.24, 2.45) is 0 Å². The van der Waals surface area contributed by atoms with Crippen molar-refractivity contribution in [1.29, 1.82) is 0 Å². The number of imidazole rings is 1. The molecule has 54 heavy (non-hydrogen) atoms. The molecule has 2 saturated heterocycles. The van der Waals surface area contributed by atoms with Gasteiger partial charge in [0.1, 0.15) is 24.1 Å². The van der Waals surface area contributed by atoms with Crippen LogP contribution in [-0.2, 0) is 15.9 Å². The summed E-state index contributed by atoms with van der Waals surface area (Å²) in [5.41, 5.74) is 6.05. The summed E-state index contributed by atoms with van der Waals surface area (Å²) in [5, 5.41) is 29.1. The number of anilines is 1. The molecule has 4 N–H and O–H groups in total. The van der Waals surface area contributed by atoms with Gasteiger partial charge in [-0.25, -0.2) is 15.0 Å². The number of nitrogens with zero attached hydrogens (tertiary/aromatic N) is 5. The fraction of sp³-hybridized carbons (Fsp3) is 0.326. The molecule has 2 fully saturated rings. The number of fused-ring (bicyclic) bond motifs is 1. The van der Waals surface area contributed by atoms with Crippen LogP contribution in [0.15, 0.2) is 128 Å². The Labute approximate surface area is 315 Å². The summed E-state index contributed by atoms with van der Waals surface area (Å²) in [4.78, 5) is 17.2. The molecule has 0 aliphatic carbocycles. The van der Waals surface area contributed by atoms with Gasteiger partial charge in [0.25, 0.3) is 0 Å². The highest BCUT2D eigenvalue weighted by Crippen LogP contribution is 2.34. The minimum atomic E-state index is -1.18. The molecule has 1 unspecified atom stereocenters. The maximum absolute atomic E-state index is 11.0. The standard InChI is InChI=1S/C43H47N7O4/c1-53-27-35-39(51)40(52)43(54-35)50-28-46-37-41(45-24-34(29-14-6-2-7-15-29)30-16-8-3-9-17-30)47-36(48-42(37)50)22-23-44-33-25-49(26-33)38(31-18-10-4-11-19-31)32-20-12-5-13-21-32/h2-21,28,33-35,38-40,43-44,51-52H,22-27H2,1H3,(H,45,47,48)/t35-,39-,40-,43?/m1/s1. The third-order valence-electron chi connectivity index (χ3n) is 10.6. The highest BCUT2D eigenvalue weighted by molar-refractivity contribution is 5.83. The Hall–Kier alpha value is -5.01. The van der Waals surface area contributed by atoms with Crippen LogP contribution in [0.5, 0.6) is 0 Å². The van der Waals surface area contributed by atoms with Gasteiger partial charge in [-0.1, -0.05) is 121 Å². The second-order valence-electron chi connectivity index (χ2n) is 14.1. The van der Waals surface area contributed by atoms with Crippen LogP contribution in [0.25, 0.3) is 11.2 Å². The number of ether oxygens (including phenoxy) is 2. The van der Waals surface area contributed by atoms with Crippen molar-refractivity contribution in [3.8, 4) is 0 Å². The number of hydrogen-bond donors (Lipinski definition) is 4. The van der Waals surface area contributed by atoms with Gasteiger partial charge in [-0.15, -0.1) is 0 Å². The van der Waals surface area contributed by atoms with Crippen LogP contribution < -0.4 is 10.6 Å². The topological polar surface area (TPSA) is 130 Å². The van der Waals surface area contributed by atoms with E-state index in [1.807, 2.05) is 12.1 Å². The van der Waals surface area contributed by atoms with Gasteiger partial charge in [-0.05, 0) is 22.3 Å². The number of likely N-dealkylation sites (tertiary alicyclic amines) is 1. The molecule has 4 atom stereocenters. The van der Waals surface area contributed by atoms with E-state index in [1.54, 1.807) is 10.9 Å². The summed E-state index contributed by atoms with van der Waals surface area (Å²) >= 11 is 0. The number of rotatable bonds is 15. The zero-order chi connectivity index (χ0) is 36.9. The van der Waals surface area contributed by atoms with E-state index < -0.39 is 24.5 Å². The fourth-order valence-electron chi connectivity index (χ4n) is 7.77. The second kappa shape index (κ2) is 16.6. The molecule has 4 heterocycles. The third kappa shape index (κ3) is 7.65. The zero-order valence-electron chi connectivity index (χ0n) is 30.4. The first-order valence-electron chi connectivity index (χ1n) is 18.7. The molecule has 6 aromatic rings. The van der Waals surface area contributed by atoms with E-state index in [9.17, 15) is 10.2 Å². The van der Waals surface area contributed by atoms with E-state index in [1.165, 1.54) is 29.4 Å². The molecular formula is C43H47N7O4. The zero-order valence-corrected chi connectivity index (χ0v) is 30.4. The SMILES string of the molecule is COC[C@H]1OC(n2cnc3c(NCC(c4ccccc4)c4ccccc4)nc(CCNC4CN(C(c5ccccc5)c5ccccc5)C4)nc32)[C@H](O)[C@@H]1O. The van der Waals surface area contributed by atoms with Gasteiger partial charge in [0.2, 0.25) is 0 Å². The number of nitrogens with one attached hydrogen (secondary N) is 2. The monoisotopic (exact) mass is 725 g/mol. The van der Waals surface area contributed by atoms with Crippen molar-refractivity contribution < 1.29 is 19.7 Å². The molecule has 0 radical (unpaired) electrons. The van der Waals surface area contributed by atoms with Crippen LogP contribution in [0.3, 0.4) is 0 Å². The predicted molar refractivity (Wildman–Crippen MR) is 208 cm³/mol. The Morgan fingerprint density at radius 3 is 1.93 bits per heavy atom. The first-order valence-corrected chi connectivity index (χ1v) is 18.7. The lowest BCUT2D eigenvalue weighted by Gasteiger charge is -2.45. The Balaban J connectivity index is 1.02. The van der Waals surface area contributed by atoms with Crippen LogP contribution in [0.1, 0.15) is 46.3 Å². The van der Waals surface area contributed by atoms with E-state index in [4.69, 9.17) is 24.4 Å². The lowest BCUT2D eigenvalue weighted by atomic mass is 9.91. The van der Waals surface area contributed by atoms with E-state index in [0.29, 0.717) is 48.4 Å². The van der Waals surface area contributed by atoms with Crippen molar-refractivity contribution in [2.45, 2.75) is 49.0 Å². The van der Waals surface area contributed by atoms with Crippen LogP contribution in [-0.4, -0.2) is 98.9 Å². The minimum Gasteiger partial charge on any atom is -0.387 e. The van der Waals surface area contributed by atoms with Crippen molar-refractivity contribution in [2.75, 3.05) is 45.2 Å². The van der Waals surface area contributed by atoms with Gasteiger partial charge in [-0.2, -0.15) is 0 Å². The number of benzene rings is 4. The van der Waals surface area contributed by atoms with E-state index >= 15 is 0 Å². The molecule has 11 heteroatoms. The molecule has 4 aromatic carbocycles. The van der Waals surface area contributed by atoms with Crippen molar-refractivity contribution in [1.82, 2.24) is 29.7 Å². The fourth-order valence-corrected chi connectivity index (χ4v) is 7.77. The first-order chi connectivity index (χ1) is 26.6. The summed E-state index contributed by atoms with van der Waals surface area (Å²) in [6, 6.07) is 42.8. The number of aliphatic hydroxyl groups excluding tert-OH is 2. The Morgan fingerprint density at radius 2 is 1.35 bits per heavy atom. The van der Waals surface area contributed by atoms with Crippen LogP contribution >= 0.6 is 0 Å². The molecule has 0 saturated carbocycles. The van der Waals surface area contributed by atoms with Crippen molar-refractivity contribution in [3.63, 3.8) is 0 Å². The average Bonchev–Trinajstić information content (AvgIpc) is 3.75. The Kier molecular flexibility index (Phi) is 11.0. The minimum absolute atomic E-state index is 0.0618. The summed E-state index contributed by atoms with van der Waals surface area (Å²) in [6.45, 7) is 3.26. The quantitative estimate of drug-likeness (QED) is 0.116. The number of hydrogen-bond acceptors (Lipinski definition) is 10. The van der Waals surface area contributed by atoms with Gasteiger partial charge in [-0.3, -0.25) is 9.47 Å². The molecule has 2 aliphatic rings. The van der Waals surface area contributed by atoms with E-state index in [2.05, 4.69) is 125 Å². The smallest absolute Gasteiger partial charge is 0.167 e. The lowest BCUT2D eigenvalue weighted by Crippen LogP contribution is -2.59. The molecule has 11 nitrogen and oxygen atoms in total. The maximum Gasteiger partial charge on any atom is 0.167 e. The summed E-state index contributed by atoms with van der Waals surface area (Å²) in [6.07, 6.45) is -1.68. The highest BCUT2D eigenvalue weighted by Gasteiger charge is 2.44. The largest absolute Gasteiger partial charge is 0.387 e. The van der Waals surface area contributed by atoms with Crippen LogP contribution in [0.2, 0.25) is 0 Å². The van der Waals surface area contributed by atoms with Crippen LogP contribution in [0.4, 0.5) is 5.82 Å². The van der Waals surface area contributed by atoms with E-state index in [-0.39, 0.29) is 18.6 Å². The number of methoxy groups -OCH3 is 1. The predicted octanol–water partition coefficient (Wildman–Crippen LogP) is 4.94. The molecule has 0 amide bonds. The van der Waals surface area contributed by atoms with Gasteiger partial charge >= 0.3 is 0 Å². The molecule has 2 aliphatic heterocycles. The van der Waals surface area contributed by atoms with Crippen molar-refractivity contribution in [3.05, 3.63) is 156 Å². The molecule has 0 spiro atoms. The second-order valence-corrected chi connectivity index (χ2v) is 14.1. The van der Waals surface area contributed by atoms with E-state index in [0.717, 1.165) is 13.1 Å². The van der Waals surface area contributed by atoms with Gasteiger partial charge < -0.3 is 30.3 Å². The Morgan fingerprint density at radius 1 is 0.778 bits per heavy atom. The Bertz CT molecular complexity index is 2000. The third-order valence-corrected chi connectivity index (χ3v) is 10.6. The maximum atomic E-state index is 11.0. The van der Waals surface area contributed by atoms with Crippen LogP contribution in [0, 0.1) is 0 Å². The number of aliphatic hydroxyl groups is 2. The average molecular weight is 726 g/mol. The van der Waals surface area contributed by atoms with Crippen molar-refractivity contribution >= 4 is 17.0 Å². The highest BCUT2D eigenvalue weighted by atomic mass is 16.6. The molecule has 2 aromatic heterocycles. The van der Waals surface area contributed by atoms with Gasteiger partial charge in [0.15, 0.2) is 23.2 Å². The molecule has 278 valence electrons. The lowest BCUT2D eigenvalue weighted by molar-refractivity contribution is -0.0580.